The van der Waals surface area contributed by atoms with Gasteiger partial charge in [0.05, 0.1) is 12.1 Å². The van der Waals surface area contributed by atoms with Crippen LogP contribution in [0.2, 0.25) is 0 Å². The zero-order valence-electron chi connectivity index (χ0n) is 14.4. The van der Waals surface area contributed by atoms with Gasteiger partial charge < -0.3 is 10.6 Å². The smallest absolute Gasteiger partial charge is 0.343 e. The summed E-state index contributed by atoms with van der Waals surface area (Å²) in [7, 11) is 0. The van der Waals surface area contributed by atoms with E-state index in [2.05, 4.69) is 10.6 Å². The van der Waals surface area contributed by atoms with Crippen LogP contribution in [0.15, 0.2) is 48.5 Å². The topological polar surface area (TPSA) is 58.2 Å². The molecule has 0 atom stereocenters. The molecule has 0 aliphatic carbocycles. The van der Waals surface area contributed by atoms with E-state index in [1.165, 1.54) is 0 Å². The summed E-state index contributed by atoms with van der Waals surface area (Å²) in [6, 6.07) is 11.1. The third-order valence-corrected chi connectivity index (χ3v) is 3.74. The van der Waals surface area contributed by atoms with Gasteiger partial charge in [0.2, 0.25) is 5.91 Å². The second-order valence-corrected chi connectivity index (χ2v) is 6.05. The largest absolute Gasteiger partial charge is 0.416 e. The van der Waals surface area contributed by atoms with Crippen molar-refractivity contribution in [3.63, 3.8) is 0 Å². The number of nitrogens with one attached hydrogen (secondary N) is 2. The number of hydrogen-bond donors (Lipinski definition) is 2. The number of carbonyl (C=O) groups excluding carboxylic acids is 2. The summed E-state index contributed by atoms with van der Waals surface area (Å²) < 4.78 is 37.6. The number of para-hydroxylation sites is 1. The van der Waals surface area contributed by atoms with E-state index in [1.807, 2.05) is 26.0 Å². The van der Waals surface area contributed by atoms with Gasteiger partial charge in [-0.3, -0.25) is 9.59 Å². The fourth-order valence-electron chi connectivity index (χ4n) is 2.38. The van der Waals surface area contributed by atoms with Crippen LogP contribution in [0.1, 0.15) is 41.3 Å². The summed E-state index contributed by atoms with van der Waals surface area (Å²) in [5.74, 6) is -0.822. The molecule has 0 aliphatic rings. The minimum absolute atomic E-state index is 0.0494. The molecule has 0 unspecified atom stereocenters. The first-order valence-corrected chi connectivity index (χ1v) is 8.02. The van der Waals surface area contributed by atoms with Crippen molar-refractivity contribution in [3.8, 4) is 0 Å². The van der Waals surface area contributed by atoms with Crippen molar-refractivity contribution in [1.82, 2.24) is 5.32 Å². The number of amides is 2. The molecule has 0 saturated heterocycles. The first-order chi connectivity index (χ1) is 12.2. The number of halogens is 3. The molecule has 2 aromatic rings. The summed E-state index contributed by atoms with van der Waals surface area (Å²) >= 11 is 0. The van der Waals surface area contributed by atoms with Gasteiger partial charge in [0.1, 0.15) is 0 Å². The van der Waals surface area contributed by atoms with Crippen LogP contribution in [0.4, 0.5) is 18.9 Å². The molecule has 7 heteroatoms. The van der Waals surface area contributed by atoms with Crippen molar-refractivity contribution in [3.05, 3.63) is 65.2 Å². The molecule has 2 N–H and O–H groups in total. The van der Waals surface area contributed by atoms with Crippen LogP contribution in [0.25, 0.3) is 0 Å². The Hall–Kier alpha value is -2.83. The summed E-state index contributed by atoms with van der Waals surface area (Å²) in [6.07, 6.45) is -4.46. The highest BCUT2D eigenvalue weighted by Crippen LogP contribution is 2.29. The van der Waals surface area contributed by atoms with Crippen LogP contribution in [-0.4, -0.2) is 18.4 Å². The van der Waals surface area contributed by atoms with Crippen LogP contribution < -0.4 is 10.6 Å². The van der Waals surface area contributed by atoms with E-state index >= 15 is 0 Å². The third-order valence-electron chi connectivity index (χ3n) is 3.74. The molecule has 0 radical (unpaired) electrons. The Balaban J connectivity index is 1.94. The summed E-state index contributed by atoms with van der Waals surface area (Å²) in [4.78, 5) is 24.0. The fourth-order valence-corrected chi connectivity index (χ4v) is 2.38. The molecule has 0 heterocycles. The molecular formula is C19H19F3N2O2. The standard InChI is InChI=1S/C19H19F3N2O2/c1-12(2)15-5-3-4-6-16(15)24-17(25)11-23-18(26)13-7-9-14(10-8-13)19(20,21)22/h3-10,12H,11H2,1-2H3,(H,23,26)(H,24,25). The molecule has 0 aliphatic heterocycles. The van der Waals surface area contributed by atoms with Crippen LogP contribution in [0, 0.1) is 0 Å². The Labute approximate surface area is 149 Å². The van der Waals surface area contributed by atoms with E-state index in [9.17, 15) is 22.8 Å². The van der Waals surface area contributed by atoms with Crippen molar-refractivity contribution in [2.75, 3.05) is 11.9 Å². The number of hydrogen-bond acceptors (Lipinski definition) is 2. The van der Waals surface area contributed by atoms with Gasteiger partial charge in [0.25, 0.3) is 5.91 Å². The lowest BCUT2D eigenvalue weighted by Gasteiger charge is -2.14. The van der Waals surface area contributed by atoms with Gasteiger partial charge in [-0.2, -0.15) is 13.2 Å². The highest BCUT2D eigenvalue weighted by atomic mass is 19.4. The Morgan fingerprint density at radius 3 is 2.19 bits per heavy atom. The van der Waals surface area contributed by atoms with Gasteiger partial charge in [0.15, 0.2) is 0 Å². The maximum absolute atomic E-state index is 12.5. The van der Waals surface area contributed by atoms with Crippen molar-refractivity contribution in [2.24, 2.45) is 0 Å². The predicted octanol–water partition coefficient (Wildman–Crippen LogP) is 4.20. The Morgan fingerprint density at radius 1 is 1.00 bits per heavy atom. The maximum atomic E-state index is 12.5. The molecule has 0 aromatic heterocycles. The van der Waals surface area contributed by atoms with E-state index in [4.69, 9.17) is 0 Å². The SMILES string of the molecule is CC(C)c1ccccc1NC(=O)CNC(=O)c1ccc(C(F)(F)F)cc1. The normalized spacial score (nSPS) is 11.3. The van der Waals surface area contributed by atoms with E-state index in [0.29, 0.717) is 5.69 Å². The van der Waals surface area contributed by atoms with Crippen molar-refractivity contribution in [2.45, 2.75) is 25.9 Å². The van der Waals surface area contributed by atoms with Gasteiger partial charge in [-0.15, -0.1) is 0 Å². The average molecular weight is 364 g/mol. The van der Waals surface area contributed by atoms with Crippen LogP contribution in [0.3, 0.4) is 0 Å². The van der Waals surface area contributed by atoms with Crippen molar-refractivity contribution >= 4 is 17.5 Å². The van der Waals surface area contributed by atoms with Crippen molar-refractivity contribution < 1.29 is 22.8 Å². The second kappa shape index (κ2) is 8.03. The van der Waals surface area contributed by atoms with Gasteiger partial charge in [-0.05, 0) is 41.8 Å². The molecular weight excluding hydrogens is 345 g/mol. The van der Waals surface area contributed by atoms with Crippen LogP contribution in [0.5, 0.6) is 0 Å². The number of alkyl halides is 3. The number of benzene rings is 2. The van der Waals surface area contributed by atoms with E-state index < -0.39 is 23.6 Å². The molecule has 0 spiro atoms. The molecule has 0 bridgehead atoms. The number of carbonyl (C=O) groups is 2. The minimum atomic E-state index is -4.46. The van der Waals surface area contributed by atoms with E-state index in [0.717, 1.165) is 29.8 Å². The molecule has 4 nitrogen and oxygen atoms in total. The van der Waals surface area contributed by atoms with Crippen molar-refractivity contribution in [1.29, 1.82) is 0 Å². The Morgan fingerprint density at radius 2 is 1.62 bits per heavy atom. The van der Waals surface area contributed by atoms with Gasteiger partial charge in [-0.1, -0.05) is 32.0 Å². The summed E-state index contributed by atoms with van der Waals surface area (Å²) in [5, 5.41) is 5.12. The fraction of sp³-hybridized carbons (Fsp3) is 0.263. The zero-order valence-corrected chi connectivity index (χ0v) is 14.4. The average Bonchev–Trinajstić information content (AvgIpc) is 2.59. The molecule has 138 valence electrons. The summed E-state index contributed by atoms with van der Waals surface area (Å²) in [6.45, 7) is 3.71. The van der Waals surface area contributed by atoms with Gasteiger partial charge >= 0.3 is 6.18 Å². The van der Waals surface area contributed by atoms with Gasteiger partial charge in [0, 0.05) is 11.3 Å². The zero-order chi connectivity index (χ0) is 19.3. The highest BCUT2D eigenvalue weighted by molar-refractivity contribution is 5.99. The molecule has 0 saturated carbocycles. The Kier molecular flexibility index (Phi) is 6.02. The molecule has 26 heavy (non-hydrogen) atoms. The molecule has 2 amide bonds. The number of anilines is 1. The minimum Gasteiger partial charge on any atom is -0.343 e. The van der Waals surface area contributed by atoms with E-state index in [-0.39, 0.29) is 18.0 Å². The second-order valence-electron chi connectivity index (χ2n) is 6.05. The lowest BCUT2D eigenvalue weighted by Crippen LogP contribution is -2.33. The molecule has 2 aromatic carbocycles. The molecule has 2 rings (SSSR count). The van der Waals surface area contributed by atoms with Crippen LogP contribution in [-0.2, 0) is 11.0 Å². The van der Waals surface area contributed by atoms with Crippen LogP contribution >= 0.6 is 0 Å². The summed E-state index contributed by atoms with van der Waals surface area (Å²) in [5.41, 5.74) is 0.844. The predicted molar refractivity (Wildman–Crippen MR) is 92.9 cm³/mol. The van der Waals surface area contributed by atoms with E-state index in [1.54, 1.807) is 12.1 Å². The third kappa shape index (κ3) is 5.08. The first kappa shape index (κ1) is 19.5. The Bertz CT molecular complexity index is 784. The number of rotatable bonds is 5. The molecule has 0 fully saturated rings. The lowest BCUT2D eigenvalue weighted by atomic mass is 10.0. The maximum Gasteiger partial charge on any atom is 0.416 e. The quantitative estimate of drug-likeness (QED) is 0.836. The lowest BCUT2D eigenvalue weighted by molar-refractivity contribution is -0.137. The van der Waals surface area contributed by atoms with Gasteiger partial charge in [-0.25, -0.2) is 0 Å². The highest BCUT2D eigenvalue weighted by Gasteiger charge is 2.30. The first-order valence-electron chi connectivity index (χ1n) is 8.02. The monoisotopic (exact) mass is 364 g/mol.